The minimum atomic E-state index is 0.740. The number of hydrogen-bond acceptors (Lipinski definition) is 3. The standard InChI is InChI=1S/C15H17N3S/c1-3-6-15-17-9-10-18(15)13-7-5-8-14(19-4-2)12(13)11-16/h5,7-10H,3-4,6H2,1-2H3. The van der Waals surface area contributed by atoms with Crippen LogP contribution in [0.5, 0.6) is 0 Å². The Balaban J connectivity index is 2.53. The molecule has 0 saturated carbocycles. The zero-order valence-corrected chi connectivity index (χ0v) is 12.1. The molecule has 0 unspecified atom stereocenters. The van der Waals surface area contributed by atoms with Crippen LogP contribution in [0.3, 0.4) is 0 Å². The maximum Gasteiger partial charge on any atom is 0.113 e. The zero-order chi connectivity index (χ0) is 13.7. The number of aromatic nitrogens is 2. The summed E-state index contributed by atoms with van der Waals surface area (Å²) in [6, 6.07) is 8.33. The molecule has 1 aromatic heterocycles. The van der Waals surface area contributed by atoms with Gasteiger partial charge in [0.15, 0.2) is 0 Å². The van der Waals surface area contributed by atoms with Crippen molar-refractivity contribution >= 4 is 11.8 Å². The molecule has 0 radical (unpaired) electrons. The average Bonchev–Trinajstić information content (AvgIpc) is 2.87. The van der Waals surface area contributed by atoms with Crippen LogP contribution in [0, 0.1) is 11.3 Å². The smallest absolute Gasteiger partial charge is 0.113 e. The molecular weight excluding hydrogens is 254 g/mol. The van der Waals surface area contributed by atoms with E-state index in [2.05, 4.69) is 24.9 Å². The first-order valence-corrected chi connectivity index (χ1v) is 7.48. The van der Waals surface area contributed by atoms with Crippen molar-refractivity contribution in [1.82, 2.24) is 9.55 Å². The molecule has 3 nitrogen and oxygen atoms in total. The summed E-state index contributed by atoms with van der Waals surface area (Å²) in [5, 5.41) is 9.45. The van der Waals surface area contributed by atoms with E-state index in [9.17, 15) is 5.26 Å². The van der Waals surface area contributed by atoms with Crippen LogP contribution in [0.1, 0.15) is 31.7 Å². The van der Waals surface area contributed by atoms with Crippen LogP contribution in [-0.4, -0.2) is 15.3 Å². The predicted octanol–water partition coefficient (Wildman–Crippen LogP) is 3.81. The summed E-state index contributed by atoms with van der Waals surface area (Å²) in [5.74, 6) is 1.97. The van der Waals surface area contributed by atoms with Gasteiger partial charge in [0, 0.05) is 23.7 Å². The molecule has 98 valence electrons. The Morgan fingerprint density at radius 2 is 2.21 bits per heavy atom. The molecule has 0 fully saturated rings. The minimum Gasteiger partial charge on any atom is -0.302 e. The molecule has 0 aliphatic rings. The fraction of sp³-hybridized carbons (Fsp3) is 0.333. The highest BCUT2D eigenvalue weighted by molar-refractivity contribution is 7.99. The third-order valence-corrected chi connectivity index (χ3v) is 3.81. The quantitative estimate of drug-likeness (QED) is 0.776. The van der Waals surface area contributed by atoms with Gasteiger partial charge in [-0.3, -0.25) is 0 Å². The first kappa shape index (κ1) is 13.7. The van der Waals surface area contributed by atoms with Gasteiger partial charge in [-0.15, -0.1) is 11.8 Å². The van der Waals surface area contributed by atoms with Gasteiger partial charge in [-0.1, -0.05) is 19.9 Å². The molecule has 19 heavy (non-hydrogen) atoms. The highest BCUT2D eigenvalue weighted by atomic mass is 32.2. The maximum absolute atomic E-state index is 9.45. The van der Waals surface area contributed by atoms with E-state index in [4.69, 9.17) is 0 Å². The number of hydrogen-bond donors (Lipinski definition) is 0. The van der Waals surface area contributed by atoms with E-state index in [-0.39, 0.29) is 0 Å². The summed E-state index contributed by atoms with van der Waals surface area (Å²) in [6.45, 7) is 4.23. The fourth-order valence-electron chi connectivity index (χ4n) is 2.07. The minimum absolute atomic E-state index is 0.740. The number of nitrogens with zero attached hydrogens (tertiary/aromatic N) is 3. The normalized spacial score (nSPS) is 10.4. The highest BCUT2D eigenvalue weighted by Gasteiger charge is 2.12. The van der Waals surface area contributed by atoms with Gasteiger partial charge in [0.1, 0.15) is 11.9 Å². The second kappa shape index (κ2) is 6.44. The number of thioether (sulfide) groups is 1. The van der Waals surface area contributed by atoms with Crippen LogP contribution in [0.15, 0.2) is 35.5 Å². The van der Waals surface area contributed by atoms with E-state index < -0.39 is 0 Å². The van der Waals surface area contributed by atoms with Crippen molar-refractivity contribution in [3.63, 3.8) is 0 Å². The van der Waals surface area contributed by atoms with Gasteiger partial charge in [0.2, 0.25) is 0 Å². The van der Waals surface area contributed by atoms with Crippen molar-refractivity contribution < 1.29 is 0 Å². The first-order chi connectivity index (χ1) is 9.31. The largest absolute Gasteiger partial charge is 0.302 e. The number of aryl methyl sites for hydroxylation is 1. The summed E-state index contributed by atoms with van der Waals surface area (Å²) < 4.78 is 2.03. The van der Waals surface area contributed by atoms with Crippen molar-refractivity contribution in [3.8, 4) is 11.8 Å². The van der Waals surface area contributed by atoms with Crippen LogP contribution in [0.4, 0.5) is 0 Å². The van der Waals surface area contributed by atoms with Crippen LogP contribution in [0.2, 0.25) is 0 Å². The Bertz CT molecular complexity index is 596. The molecule has 0 saturated heterocycles. The molecule has 0 amide bonds. The zero-order valence-electron chi connectivity index (χ0n) is 11.3. The first-order valence-electron chi connectivity index (χ1n) is 6.50. The molecule has 0 bridgehead atoms. The monoisotopic (exact) mass is 271 g/mol. The third kappa shape index (κ3) is 2.82. The lowest BCUT2D eigenvalue weighted by atomic mass is 10.2. The van der Waals surface area contributed by atoms with Gasteiger partial charge in [-0.05, 0) is 24.3 Å². The molecule has 0 aliphatic heterocycles. The molecule has 1 heterocycles. The topological polar surface area (TPSA) is 41.6 Å². The van der Waals surface area contributed by atoms with Gasteiger partial charge >= 0.3 is 0 Å². The Morgan fingerprint density at radius 1 is 1.37 bits per heavy atom. The Labute approximate surface area is 118 Å². The van der Waals surface area contributed by atoms with E-state index in [1.54, 1.807) is 18.0 Å². The number of imidazole rings is 1. The molecule has 0 atom stereocenters. The summed E-state index contributed by atoms with van der Waals surface area (Å²) in [6.07, 6.45) is 5.69. The Kier molecular flexibility index (Phi) is 4.64. The van der Waals surface area contributed by atoms with E-state index in [1.807, 2.05) is 29.0 Å². The van der Waals surface area contributed by atoms with Gasteiger partial charge in [0.05, 0.1) is 11.3 Å². The molecule has 0 N–H and O–H groups in total. The molecule has 0 spiro atoms. The van der Waals surface area contributed by atoms with Crippen LogP contribution in [0.25, 0.3) is 5.69 Å². The summed E-state index contributed by atoms with van der Waals surface area (Å²) in [4.78, 5) is 5.42. The second-order valence-electron chi connectivity index (χ2n) is 4.16. The number of benzene rings is 1. The van der Waals surface area contributed by atoms with Gasteiger partial charge in [-0.25, -0.2) is 4.98 Å². The molecule has 1 aromatic carbocycles. The molecule has 4 heteroatoms. The summed E-state index contributed by atoms with van der Waals surface area (Å²) >= 11 is 1.70. The van der Waals surface area contributed by atoms with Gasteiger partial charge in [0.25, 0.3) is 0 Å². The molecule has 0 aliphatic carbocycles. The van der Waals surface area contributed by atoms with Crippen LogP contribution >= 0.6 is 11.8 Å². The fourth-order valence-corrected chi connectivity index (χ4v) is 2.85. The van der Waals surface area contributed by atoms with Crippen LogP contribution in [-0.2, 0) is 6.42 Å². The van der Waals surface area contributed by atoms with Crippen molar-refractivity contribution in [1.29, 1.82) is 5.26 Å². The Morgan fingerprint density at radius 3 is 2.89 bits per heavy atom. The Hall–Kier alpha value is -1.73. The van der Waals surface area contributed by atoms with E-state index >= 15 is 0 Å². The van der Waals surface area contributed by atoms with Crippen molar-refractivity contribution in [3.05, 3.63) is 42.0 Å². The molecular formula is C15H17N3S. The third-order valence-electron chi connectivity index (χ3n) is 2.87. The van der Waals surface area contributed by atoms with E-state index in [0.717, 1.165) is 40.6 Å². The second-order valence-corrected chi connectivity index (χ2v) is 5.46. The number of rotatable bonds is 5. The highest BCUT2D eigenvalue weighted by Crippen LogP contribution is 2.27. The number of nitriles is 1. The predicted molar refractivity (Wildman–Crippen MR) is 78.7 cm³/mol. The molecule has 2 rings (SSSR count). The van der Waals surface area contributed by atoms with Gasteiger partial charge < -0.3 is 4.57 Å². The average molecular weight is 271 g/mol. The SMILES string of the molecule is CCCc1nccn1-c1cccc(SCC)c1C#N. The van der Waals surface area contributed by atoms with E-state index in [1.165, 1.54) is 0 Å². The maximum atomic E-state index is 9.45. The summed E-state index contributed by atoms with van der Waals surface area (Å²) in [5.41, 5.74) is 1.67. The molecule has 2 aromatic rings. The van der Waals surface area contributed by atoms with Crippen LogP contribution < -0.4 is 0 Å². The van der Waals surface area contributed by atoms with Gasteiger partial charge in [-0.2, -0.15) is 5.26 Å². The summed E-state index contributed by atoms with van der Waals surface area (Å²) in [7, 11) is 0. The van der Waals surface area contributed by atoms with E-state index in [0.29, 0.717) is 0 Å². The lowest BCUT2D eigenvalue weighted by molar-refractivity contribution is 0.807. The van der Waals surface area contributed by atoms with Crippen molar-refractivity contribution in [2.75, 3.05) is 5.75 Å². The lowest BCUT2D eigenvalue weighted by Crippen LogP contribution is -2.03. The van der Waals surface area contributed by atoms with Crippen molar-refractivity contribution in [2.45, 2.75) is 31.6 Å². The van der Waals surface area contributed by atoms with Crippen molar-refractivity contribution in [2.24, 2.45) is 0 Å². The lowest BCUT2D eigenvalue weighted by Gasteiger charge is -2.11.